The van der Waals surface area contributed by atoms with Gasteiger partial charge in [0, 0.05) is 60.5 Å². The molecule has 1 aromatic carbocycles. The van der Waals surface area contributed by atoms with E-state index in [2.05, 4.69) is 41.5 Å². The van der Waals surface area contributed by atoms with Crippen LogP contribution in [0.15, 0.2) is 36.0 Å². The average molecular weight is 478 g/mol. The number of nitrogens with one attached hydrogen (secondary N) is 2. The number of amides is 1. The van der Waals surface area contributed by atoms with Crippen molar-refractivity contribution in [2.75, 3.05) is 43.1 Å². The van der Waals surface area contributed by atoms with Crippen LogP contribution >= 0.6 is 0 Å². The lowest BCUT2D eigenvalue weighted by molar-refractivity contribution is -0.127. The third kappa shape index (κ3) is 3.80. The van der Waals surface area contributed by atoms with Gasteiger partial charge in [-0.2, -0.15) is 0 Å². The molecule has 1 amide bonds. The highest BCUT2D eigenvalue weighted by Crippen LogP contribution is 2.64. The zero-order valence-corrected chi connectivity index (χ0v) is 21.1. The first kappa shape index (κ1) is 23.1. The highest BCUT2D eigenvalue weighted by atomic mass is 16.5. The van der Waals surface area contributed by atoms with Gasteiger partial charge in [0.1, 0.15) is 0 Å². The Labute approximate surface area is 208 Å². The van der Waals surface area contributed by atoms with Crippen LogP contribution in [-0.4, -0.2) is 44.5 Å². The number of anilines is 2. The van der Waals surface area contributed by atoms with Crippen molar-refractivity contribution < 1.29 is 14.3 Å². The standard InChI is InChI=1S/C29H39N3O3/c1-28-12-10-24-22(18-30-26-17-21(33)9-11-29(24,26)2)23(28)7-8-25(28)27(34)31-19-3-5-20(6-4-19)32-13-15-35-16-14-32/h3-6,17,22-25,30H,7-16,18H2,1-2H3,(H,31,34)/t22?,23?,24?,25-,28+,29-/m1/s1. The van der Waals surface area contributed by atoms with Crippen LogP contribution in [0.2, 0.25) is 0 Å². The van der Waals surface area contributed by atoms with Crippen molar-refractivity contribution in [2.24, 2.45) is 34.5 Å². The maximum Gasteiger partial charge on any atom is 0.228 e. The number of morpholine rings is 1. The third-order valence-corrected chi connectivity index (χ3v) is 10.4. The van der Waals surface area contributed by atoms with Gasteiger partial charge in [-0.1, -0.05) is 13.8 Å². The molecule has 0 bridgehead atoms. The minimum atomic E-state index is 0.0444. The van der Waals surface area contributed by atoms with Gasteiger partial charge in [-0.05, 0) is 79.5 Å². The van der Waals surface area contributed by atoms with Gasteiger partial charge >= 0.3 is 0 Å². The molecule has 2 aliphatic heterocycles. The molecule has 3 unspecified atom stereocenters. The summed E-state index contributed by atoms with van der Waals surface area (Å²) in [6, 6.07) is 8.30. The zero-order chi connectivity index (χ0) is 24.2. The lowest BCUT2D eigenvalue weighted by Crippen LogP contribution is -2.57. The predicted octanol–water partition coefficient (Wildman–Crippen LogP) is 4.38. The van der Waals surface area contributed by atoms with Gasteiger partial charge in [-0.25, -0.2) is 0 Å². The number of carbonyl (C=O) groups excluding carboxylic acids is 2. The first-order chi connectivity index (χ1) is 16.9. The van der Waals surface area contributed by atoms with Gasteiger partial charge in [0.2, 0.25) is 5.91 Å². The molecule has 0 radical (unpaired) electrons. The fourth-order valence-electron chi connectivity index (χ4n) is 8.38. The number of carbonyl (C=O) groups is 2. The van der Waals surface area contributed by atoms with Crippen LogP contribution < -0.4 is 15.5 Å². The number of rotatable bonds is 3. The number of hydrogen-bond donors (Lipinski definition) is 2. The summed E-state index contributed by atoms with van der Waals surface area (Å²) >= 11 is 0. The van der Waals surface area contributed by atoms with Crippen LogP contribution in [0.4, 0.5) is 11.4 Å². The SMILES string of the molecule is C[C@]12CCC(=O)C=C1NCC1C2CC[C@@]2(C)C1CC[C@@H]2C(=O)Nc1ccc(N2CCOCC2)cc1. The van der Waals surface area contributed by atoms with Crippen LogP contribution in [0.3, 0.4) is 0 Å². The minimum Gasteiger partial charge on any atom is -0.387 e. The van der Waals surface area contributed by atoms with E-state index in [9.17, 15) is 9.59 Å². The molecule has 2 saturated heterocycles. The molecule has 6 heteroatoms. The molecule has 5 aliphatic rings. The number of piperidine rings is 1. The lowest BCUT2D eigenvalue weighted by Gasteiger charge is -2.58. The van der Waals surface area contributed by atoms with Crippen molar-refractivity contribution in [1.82, 2.24) is 5.32 Å². The Morgan fingerprint density at radius 3 is 2.60 bits per heavy atom. The summed E-state index contributed by atoms with van der Waals surface area (Å²) in [5, 5.41) is 6.92. The van der Waals surface area contributed by atoms with Crippen molar-refractivity contribution in [3.63, 3.8) is 0 Å². The van der Waals surface area contributed by atoms with Crippen LogP contribution in [0, 0.1) is 34.5 Å². The third-order valence-electron chi connectivity index (χ3n) is 10.4. The lowest BCUT2D eigenvalue weighted by atomic mass is 9.50. The Bertz CT molecular complexity index is 1030. The van der Waals surface area contributed by atoms with Gasteiger partial charge in [-0.15, -0.1) is 0 Å². The molecule has 1 aromatic rings. The normalized spacial score (nSPS) is 38.5. The number of nitrogens with zero attached hydrogens (tertiary/aromatic N) is 1. The first-order valence-electron chi connectivity index (χ1n) is 13.6. The van der Waals surface area contributed by atoms with Crippen LogP contribution in [0.25, 0.3) is 0 Å². The molecule has 0 aromatic heterocycles. The fourth-order valence-corrected chi connectivity index (χ4v) is 8.38. The van der Waals surface area contributed by atoms with Crippen molar-refractivity contribution in [3.8, 4) is 0 Å². The summed E-state index contributed by atoms with van der Waals surface area (Å²) in [5.41, 5.74) is 3.38. The number of fused-ring (bicyclic) bond motifs is 5. The van der Waals surface area contributed by atoms with Gasteiger partial charge in [0.25, 0.3) is 0 Å². The fraction of sp³-hybridized carbons (Fsp3) is 0.655. The van der Waals surface area contributed by atoms with E-state index >= 15 is 0 Å². The number of benzene rings is 1. The summed E-state index contributed by atoms with van der Waals surface area (Å²) in [5.74, 6) is 2.26. The summed E-state index contributed by atoms with van der Waals surface area (Å²) in [7, 11) is 0. The Hall–Kier alpha value is -2.34. The Kier molecular flexibility index (Phi) is 5.70. The van der Waals surface area contributed by atoms with E-state index in [1.807, 2.05) is 18.2 Å². The molecular formula is C29H39N3O3. The van der Waals surface area contributed by atoms with Gasteiger partial charge in [0.05, 0.1) is 13.2 Å². The van der Waals surface area contributed by atoms with E-state index in [0.29, 0.717) is 24.2 Å². The van der Waals surface area contributed by atoms with Crippen molar-refractivity contribution in [3.05, 3.63) is 36.0 Å². The van der Waals surface area contributed by atoms with Gasteiger partial charge < -0.3 is 20.3 Å². The summed E-state index contributed by atoms with van der Waals surface area (Å²) < 4.78 is 5.46. The largest absolute Gasteiger partial charge is 0.387 e. The summed E-state index contributed by atoms with van der Waals surface area (Å²) in [4.78, 5) is 27.9. The van der Waals surface area contributed by atoms with Crippen molar-refractivity contribution >= 4 is 23.1 Å². The molecule has 2 N–H and O–H groups in total. The molecular weight excluding hydrogens is 438 g/mol. The predicted molar refractivity (Wildman–Crippen MR) is 137 cm³/mol. The molecule has 2 saturated carbocycles. The minimum absolute atomic E-state index is 0.0444. The quantitative estimate of drug-likeness (QED) is 0.676. The van der Waals surface area contributed by atoms with E-state index in [-0.39, 0.29) is 28.4 Å². The van der Waals surface area contributed by atoms with E-state index in [1.54, 1.807) is 0 Å². The van der Waals surface area contributed by atoms with Crippen molar-refractivity contribution in [1.29, 1.82) is 0 Å². The topological polar surface area (TPSA) is 70.7 Å². The zero-order valence-electron chi connectivity index (χ0n) is 21.1. The Morgan fingerprint density at radius 1 is 1.06 bits per heavy atom. The molecule has 4 fully saturated rings. The number of ether oxygens (including phenoxy) is 1. The highest BCUT2D eigenvalue weighted by Gasteiger charge is 2.60. The van der Waals surface area contributed by atoms with Gasteiger partial charge in [0.15, 0.2) is 5.78 Å². The van der Waals surface area contributed by atoms with Crippen LogP contribution in [0.1, 0.15) is 52.4 Å². The monoisotopic (exact) mass is 477 g/mol. The molecule has 6 atom stereocenters. The number of ketones is 1. The first-order valence-corrected chi connectivity index (χ1v) is 13.6. The maximum atomic E-state index is 13.5. The molecule has 6 nitrogen and oxygen atoms in total. The highest BCUT2D eigenvalue weighted by molar-refractivity contribution is 5.93. The number of hydrogen-bond acceptors (Lipinski definition) is 5. The van der Waals surface area contributed by atoms with Crippen LogP contribution in [0.5, 0.6) is 0 Å². The van der Waals surface area contributed by atoms with E-state index in [4.69, 9.17) is 4.74 Å². The molecule has 3 aliphatic carbocycles. The molecule has 35 heavy (non-hydrogen) atoms. The van der Waals surface area contributed by atoms with Crippen molar-refractivity contribution in [2.45, 2.75) is 52.4 Å². The smallest absolute Gasteiger partial charge is 0.228 e. The van der Waals surface area contributed by atoms with E-state index < -0.39 is 0 Å². The second kappa shape index (κ2) is 8.65. The van der Waals surface area contributed by atoms with E-state index in [0.717, 1.165) is 70.6 Å². The molecule has 6 rings (SSSR count). The Morgan fingerprint density at radius 2 is 1.83 bits per heavy atom. The summed E-state index contributed by atoms with van der Waals surface area (Å²) in [6.45, 7) is 9.06. The van der Waals surface area contributed by atoms with E-state index in [1.165, 1.54) is 11.4 Å². The second-order valence-electron chi connectivity index (χ2n) is 12.0. The second-order valence-corrected chi connectivity index (χ2v) is 12.0. The summed E-state index contributed by atoms with van der Waals surface area (Å²) in [6.07, 6.45) is 7.86. The van der Waals surface area contributed by atoms with Crippen LogP contribution in [-0.2, 0) is 14.3 Å². The molecule has 0 spiro atoms. The van der Waals surface area contributed by atoms with Gasteiger partial charge in [-0.3, -0.25) is 9.59 Å². The average Bonchev–Trinajstić information content (AvgIpc) is 3.23. The molecule has 188 valence electrons. The Balaban J connectivity index is 1.15. The number of allylic oxidation sites excluding steroid dienone is 2. The molecule has 2 heterocycles. The maximum absolute atomic E-state index is 13.5.